The van der Waals surface area contributed by atoms with Crippen LogP contribution in [0.2, 0.25) is 0 Å². The highest BCUT2D eigenvalue weighted by molar-refractivity contribution is 5.94. The van der Waals surface area contributed by atoms with Crippen LogP contribution in [0.1, 0.15) is 13.8 Å². The number of benzene rings is 1. The van der Waals surface area contributed by atoms with Crippen LogP contribution in [0, 0.1) is 11.7 Å². The third kappa shape index (κ3) is 6.40. The van der Waals surface area contributed by atoms with Crippen LogP contribution in [0.5, 0.6) is 0 Å². The monoisotopic (exact) mass is 267 g/mol. The maximum Gasteiger partial charge on any atom is 0.315 e. The summed E-state index contributed by atoms with van der Waals surface area (Å²) >= 11 is 0. The van der Waals surface area contributed by atoms with E-state index in [2.05, 4.69) is 16.0 Å². The third-order valence-electron chi connectivity index (χ3n) is 2.19. The second-order valence-electron chi connectivity index (χ2n) is 4.52. The number of carbonyl (C=O) groups excluding carboxylic acids is 2. The number of rotatable bonds is 5. The van der Waals surface area contributed by atoms with Crippen LogP contribution in [0.25, 0.3) is 0 Å². The largest absolute Gasteiger partial charge is 0.338 e. The van der Waals surface area contributed by atoms with Gasteiger partial charge in [-0.2, -0.15) is 0 Å². The van der Waals surface area contributed by atoms with Crippen molar-refractivity contribution in [2.45, 2.75) is 13.8 Å². The number of amides is 3. The van der Waals surface area contributed by atoms with Crippen molar-refractivity contribution in [2.75, 3.05) is 18.4 Å². The SMILES string of the molecule is CC(C)CNC(=O)NCC(=O)Nc1cccc(F)c1. The Morgan fingerprint density at radius 2 is 2.00 bits per heavy atom. The van der Waals surface area contributed by atoms with Crippen LogP contribution < -0.4 is 16.0 Å². The second-order valence-corrected chi connectivity index (χ2v) is 4.52. The van der Waals surface area contributed by atoms with Crippen molar-refractivity contribution in [3.05, 3.63) is 30.1 Å². The standard InChI is InChI=1S/C13H18FN3O2/c1-9(2)7-15-13(19)16-8-12(18)17-11-5-3-4-10(14)6-11/h3-6,9H,7-8H2,1-2H3,(H,17,18)(H2,15,16,19). The predicted octanol–water partition coefficient (Wildman–Crippen LogP) is 1.72. The van der Waals surface area contributed by atoms with Gasteiger partial charge in [0, 0.05) is 12.2 Å². The van der Waals surface area contributed by atoms with Gasteiger partial charge in [0.2, 0.25) is 5.91 Å². The van der Waals surface area contributed by atoms with E-state index in [9.17, 15) is 14.0 Å². The van der Waals surface area contributed by atoms with Crippen molar-refractivity contribution < 1.29 is 14.0 Å². The van der Waals surface area contributed by atoms with E-state index in [-0.39, 0.29) is 6.54 Å². The molecule has 1 rings (SSSR count). The molecule has 0 spiro atoms. The molecule has 0 fully saturated rings. The smallest absolute Gasteiger partial charge is 0.315 e. The summed E-state index contributed by atoms with van der Waals surface area (Å²) < 4.78 is 12.9. The minimum absolute atomic E-state index is 0.166. The van der Waals surface area contributed by atoms with Crippen LogP contribution >= 0.6 is 0 Å². The first-order valence-corrected chi connectivity index (χ1v) is 6.04. The Labute approximate surface area is 111 Å². The molecule has 5 nitrogen and oxygen atoms in total. The van der Waals surface area contributed by atoms with Crippen LogP contribution in [-0.4, -0.2) is 25.0 Å². The Balaban J connectivity index is 2.30. The summed E-state index contributed by atoms with van der Waals surface area (Å²) in [5.41, 5.74) is 0.356. The first-order valence-electron chi connectivity index (χ1n) is 6.04. The molecule has 0 bridgehead atoms. The number of anilines is 1. The number of hydrogen-bond acceptors (Lipinski definition) is 2. The number of halogens is 1. The summed E-state index contributed by atoms with van der Waals surface area (Å²) in [6.45, 7) is 4.31. The summed E-state index contributed by atoms with van der Waals surface area (Å²) in [6, 6.07) is 5.15. The van der Waals surface area contributed by atoms with E-state index < -0.39 is 17.8 Å². The van der Waals surface area contributed by atoms with Crippen molar-refractivity contribution in [3.8, 4) is 0 Å². The lowest BCUT2D eigenvalue weighted by Crippen LogP contribution is -2.41. The normalized spacial score (nSPS) is 10.1. The molecule has 3 amide bonds. The van der Waals surface area contributed by atoms with E-state index in [1.165, 1.54) is 18.2 Å². The van der Waals surface area contributed by atoms with E-state index >= 15 is 0 Å². The maximum atomic E-state index is 12.9. The molecular weight excluding hydrogens is 249 g/mol. The average molecular weight is 267 g/mol. The van der Waals surface area contributed by atoms with E-state index in [1.807, 2.05) is 13.8 Å². The number of urea groups is 1. The average Bonchev–Trinajstić information content (AvgIpc) is 2.34. The fourth-order valence-corrected chi connectivity index (χ4v) is 1.29. The van der Waals surface area contributed by atoms with Gasteiger partial charge < -0.3 is 16.0 Å². The molecular formula is C13H18FN3O2. The quantitative estimate of drug-likeness (QED) is 0.760. The van der Waals surface area contributed by atoms with Gasteiger partial charge in [0.1, 0.15) is 5.82 Å². The highest BCUT2D eigenvalue weighted by Crippen LogP contribution is 2.08. The molecule has 1 aromatic rings. The fourth-order valence-electron chi connectivity index (χ4n) is 1.29. The van der Waals surface area contributed by atoms with Crippen LogP contribution in [0.3, 0.4) is 0 Å². The van der Waals surface area contributed by atoms with Gasteiger partial charge in [-0.05, 0) is 24.1 Å². The molecule has 19 heavy (non-hydrogen) atoms. The zero-order chi connectivity index (χ0) is 14.3. The molecule has 0 saturated carbocycles. The Bertz CT molecular complexity index is 449. The lowest BCUT2D eigenvalue weighted by atomic mass is 10.2. The highest BCUT2D eigenvalue weighted by Gasteiger charge is 2.06. The molecule has 0 atom stereocenters. The lowest BCUT2D eigenvalue weighted by Gasteiger charge is -2.09. The van der Waals surface area contributed by atoms with Gasteiger partial charge >= 0.3 is 6.03 Å². The van der Waals surface area contributed by atoms with Gasteiger partial charge in [-0.1, -0.05) is 19.9 Å². The molecule has 0 aliphatic heterocycles. The van der Waals surface area contributed by atoms with Crippen molar-refractivity contribution >= 4 is 17.6 Å². The van der Waals surface area contributed by atoms with Crippen molar-refractivity contribution in [1.29, 1.82) is 0 Å². The molecule has 0 aromatic heterocycles. The molecule has 1 aromatic carbocycles. The van der Waals surface area contributed by atoms with Gasteiger partial charge in [0.05, 0.1) is 6.54 Å². The Morgan fingerprint density at radius 3 is 2.63 bits per heavy atom. The van der Waals surface area contributed by atoms with Gasteiger partial charge in [0.25, 0.3) is 0 Å². The Hall–Kier alpha value is -2.11. The maximum absolute atomic E-state index is 12.9. The Morgan fingerprint density at radius 1 is 1.26 bits per heavy atom. The molecule has 0 radical (unpaired) electrons. The van der Waals surface area contributed by atoms with Crippen molar-refractivity contribution in [2.24, 2.45) is 5.92 Å². The molecule has 6 heteroatoms. The minimum atomic E-state index is -0.430. The number of carbonyl (C=O) groups is 2. The first-order chi connectivity index (χ1) is 8.97. The molecule has 3 N–H and O–H groups in total. The van der Waals surface area contributed by atoms with E-state index in [4.69, 9.17) is 0 Å². The zero-order valence-electron chi connectivity index (χ0n) is 11.0. The Kier molecular flexibility index (Phi) is 5.78. The predicted molar refractivity (Wildman–Crippen MR) is 71.3 cm³/mol. The molecule has 0 aliphatic carbocycles. The van der Waals surface area contributed by atoms with Crippen molar-refractivity contribution in [1.82, 2.24) is 10.6 Å². The van der Waals surface area contributed by atoms with Crippen LogP contribution in [-0.2, 0) is 4.79 Å². The summed E-state index contributed by atoms with van der Waals surface area (Å²) in [6.07, 6.45) is 0. The molecule has 0 heterocycles. The van der Waals surface area contributed by atoms with Crippen LogP contribution in [0.4, 0.5) is 14.9 Å². The van der Waals surface area contributed by atoms with Crippen LogP contribution in [0.15, 0.2) is 24.3 Å². The van der Waals surface area contributed by atoms with Crippen molar-refractivity contribution in [3.63, 3.8) is 0 Å². The molecule has 0 saturated heterocycles. The fraction of sp³-hybridized carbons (Fsp3) is 0.385. The second kappa shape index (κ2) is 7.35. The minimum Gasteiger partial charge on any atom is -0.338 e. The lowest BCUT2D eigenvalue weighted by molar-refractivity contribution is -0.115. The van der Waals surface area contributed by atoms with E-state index in [0.29, 0.717) is 18.2 Å². The molecule has 0 unspecified atom stereocenters. The number of nitrogens with one attached hydrogen (secondary N) is 3. The third-order valence-corrected chi connectivity index (χ3v) is 2.19. The zero-order valence-corrected chi connectivity index (χ0v) is 11.0. The first kappa shape index (κ1) is 14.9. The highest BCUT2D eigenvalue weighted by atomic mass is 19.1. The van der Waals surface area contributed by atoms with Gasteiger partial charge in [-0.25, -0.2) is 9.18 Å². The topological polar surface area (TPSA) is 70.2 Å². The summed E-state index contributed by atoms with van der Waals surface area (Å²) in [4.78, 5) is 22.8. The van der Waals surface area contributed by atoms with E-state index in [1.54, 1.807) is 6.07 Å². The summed E-state index contributed by atoms with van der Waals surface area (Å²) in [7, 11) is 0. The number of hydrogen-bond donors (Lipinski definition) is 3. The molecule has 0 aliphatic rings. The van der Waals surface area contributed by atoms with Gasteiger partial charge in [-0.15, -0.1) is 0 Å². The summed E-state index contributed by atoms with van der Waals surface area (Å²) in [5.74, 6) is -0.502. The van der Waals surface area contributed by atoms with Gasteiger partial charge in [0.15, 0.2) is 0 Å². The van der Waals surface area contributed by atoms with E-state index in [0.717, 1.165) is 0 Å². The summed E-state index contributed by atoms with van der Waals surface area (Å²) in [5, 5.41) is 7.52. The van der Waals surface area contributed by atoms with Gasteiger partial charge in [-0.3, -0.25) is 4.79 Å². The molecule has 104 valence electrons.